The zero-order chi connectivity index (χ0) is 17.5. The zero-order valence-electron chi connectivity index (χ0n) is 14.8. The number of aliphatic carboxylic acids is 1. The molecular weight excluding hydrogens is 304 g/mol. The van der Waals surface area contributed by atoms with Crippen molar-refractivity contribution in [2.45, 2.75) is 58.8 Å². The molecule has 1 N–H and O–H groups in total. The fourth-order valence-corrected chi connectivity index (χ4v) is 5.64. The number of rotatable bonds is 4. The van der Waals surface area contributed by atoms with Crippen molar-refractivity contribution in [1.29, 1.82) is 0 Å². The standard InChI is InChI=1S/C20H28O4/c1-13-5-8-16-19(2,10-4-11-20(16,3)18(22)23)15(13)7-6-14-9-12-24-17(14)21/h9,15-16H,1,4-8,10-12H2,2-3H3,(H,22,23)/t15-,16+,19-,20-/m1/s1. The van der Waals surface area contributed by atoms with E-state index in [4.69, 9.17) is 4.74 Å². The fourth-order valence-electron chi connectivity index (χ4n) is 5.64. The second kappa shape index (κ2) is 6.05. The van der Waals surface area contributed by atoms with Gasteiger partial charge < -0.3 is 9.84 Å². The Balaban J connectivity index is 1.83. The molecule has 132 valence electrons. The van der Waals surface area contributed by atoms with Crippen LogP contribution in [0.5, 0.6) is 0 Å². The van der Waals surface area contributed by atoms with Gasteiger partial charge in [-0.3, -0.25) is 4.79 Å². The molecule has 4 heteroatoms. The van der Waals surface area contributed by atoms with Crippen molar-refractivity contribution in [2.75, 3.05) is 6.61 Å². The summed E-state index contributed by atoms with van der Waals surface area (Å²) in [5.74, 6) is -0.398. The Morgan fingerprint density at radius 2 is 2.17 bits per heavy atom. The first-order valence-electron chi connectivity index (χ1n) is 9.06. The molecule has 1 heterocycles. The number of carboxylic acid groups (broad SMARTS) is 1. The van der Waals surface area contributed by atoms with E-state index in [0.717, 1.165) is 44.1 Å². The summed E-state index contributed by atoms with van der Waals surface area (Å²) < 4.78 is 5.00. The van der Waals surface area contributed by atoms with Gasteiger partial charge in [0.1, 0.15) is 6.61 Å². The number of allylic oxidation sites excluding steroid dienone is 1. The molecule has 0 saturated heterocycles. The summed E-state index contributed by atoms with van der Waals surface area (Å²) in [6.45, 7) is 8.88. The molecule has 0 aromatic heterocycles. The Morgan fingerprint density at radius 1 is 1.42 bits per heavy atom. The second-order valence-corrected chi connectivity index (χ2v) is 8.25. The van der Waals surface area contributed by atoms with Crippen molar-refractivity contribution in [2.24, 2.45) is 22.7 Å². The van der Waals surface area contributed by atoms with Gasteiger partial charge in [0, 0.05) is 5.57 Å². The van der Waals surface area contributed by atoms with Crippen LogP contribution < -0.4 is 0 Å². The van der Waals surface area contributed by atoms with E-state index in [1.54, 1.807) is 0 Å². The van der Waals surface area contributed by atoms with Crippen molar-refractivity contribution >= 4 is 11.9 Å². The van der Waals surface area contributed by atoms with Gasteiger partial charge in [0.25, 0.3) is 0 Å². The molecule has 3 rings (SSSR count). The van der Waals surface area contributed by atoms with Crippen LogP contribution >= 0.6 is 0 Å². The zero-order valence-corrected chi connectivity index (χ0v) is 14.8. The van der Waals surface area contributed by atoms with Crippen LogP contribution in [0.2, 0.25) is 0 Å². The summed E-state index contributed by atoms with van der Waals surface area (Å²) in [6.07, 6.45) is 8.01. The number of fused-ring (bicyclic) bond motifs is 1. The molecule has 0 radical (unpaired) electrons. The summed E-state index contributed by atoms with van der Waals surface area (Å²) in [6, 6.07) is 0. The topological polar surface area (TPSA) is 63.6 Å². The molecule has 0 aromatic rings. The minimum absolute atomic E-state index is 0.0379. The monoisotopic (exact) mass is 332 g/mol. The summed E-state index contributed by atoms with van der Waals surface area (Å²) >= 11 is 0. The third-order valence-corrected chi connectivity index (χ3v) is 7.02. The number of esters is 1. The lowest BCUT2D eigenvalue weighted by atomic mass is 9.46. The number of hydrogen-bond acceptors (Lipinski definition) is 3. The first kappa shape index (κ1) is 17.2. The summed E-state index contributed by atoms with van der Waals surface area (Å²) in [7, 11) is 0. The van der Waals surface area contributed by atoms with Crippen molar-refractivity contribution in [1.82, 2.24) is 0 Å². The van der Waals surface area contributed by atoms with Crippen molar-refractivity contribution in [3.63, 3.8) is 0 Å². The van der Waals surface area contributed by atoms with Crippen LogP contribution in [0, 0.1) is 22.7 Å². The largest absolute Gasteiger partial charge is 0.481 e. The molecule has 2 saturated carbocycles. The van der Waals surface area contributed by atoms with E-state index in [9.17, 15) is 14.7 Å². The van der Waals surface area contributed by atoms with Crippen LogP contribution in [0.1, 0.15) is 58.8 Å². The Bertz CT molecular complexity index is 605. The highest BCUT2D eigenvalue weighted by molar-refractivity contribution is 5.90. The number of cyclic esters (lactones) is 1. The Kier molecular flexibility index (Phi) is 4.35. The van der Waals surface area contributed by atoms with E-state index >= 15 is 0 Å². The van der Waals surface area contributed by atoms with Gasteiger partial charge >= 0.3 is 11.9 Å². The summed E-state index contributed by atoms with van der Waals surface area (Å²) in [5, 5.41) is 9.85. The third-order valence-electron chi connectivity index (χ3n) is 7.02. The predicted octanol–water partition coefficient (Wildman–Crippen LogP) is 4.11. The lowest BCUT2D eigenvalue weighted by Crippen LogP contribution is -2.53. The van der Waals surface area contributed by atoms with Gasteiger partial charge in [-0.25, -0.2) is 4.79 Å². The predicted molar refractivity (Wildman–Crippen MR) is 91.3 cm³/mol. The van der Waals surface area contributed by atoms with Crippen LogP contribution in [0.25, 0.3) is 0 Å². The second-order valence-electron chi connectivity index (χ2n) is 8.25. The maximum Gasteiger partial charge on any atom is 0.334 e. The first-order valence-corrected chi connectivity index (χ1v) is 9.06. The van der Waals surface area contributed by atoms with Crippen molar-refractivity contribution in [3.05, 3.63) is 23.8 Å². The van der Waals surface area contributed by atoms with Crippen molar-refractivity contribution in [3.8, 4) is 0 Å². The number of carbonyl (C=O) groups excluding carboxylic acids is 1. The fraction of sp³-hybridized carbons (Fsp3) is 0.700. The molecular formula is C20H28O4. The van der Waals surface area contributed by atoms with Gasteiger partial charge in [-0.1, -0.05) is 25.5 Å². The molecule has 0 bridgehead atoms. The lowest BCUT2D eigenvalue weighted by Gasteiger charge is -2.57. The van der Waals surface area contributed by atoms with E-state index in [1.165, 1.54) is 5.57 Å². The highest BCUT2D eigenvalue weighted by atomic mass is 16.5. The Labute approximate surface area is 144 Å². The SMILES string of the molecule is C=C1CC[C@H]2[C@](C)(CCC[C@@]2(C)C(=O)O)[C@@H]1CCC1=CCOC1=O. The highest BCUT2D eigenvalue weighted by Crippen LogP contribution is 2.62. The quantitative estimate of drug-likeness (QED) is 0.621. The molecule has 0 amide bonds. The van der Waals surface area contributed by atoms with E-state index in [-0.39, 0.29) is 23.2 Å². The van der Waals surface area contributed by atoms with Crippen LogP contribution in [-0.4, -0.2) is 23.7 Å². The minimum Gasteiger partial charge on any atom is -0.481 e. The van der Waals surface area contributed by atoms with Gasteiger partial charge in [-0.2, -0.15) is 0 Å². The molecule has 2 fully saturated rings. The molecule has 1 aliphatic heterocycles. The van der Waals surface area contributed by atoms with Gasteiger partial charge in [-0.05, 0) is 68.8 Å². The highest BCUT2D eigenvalue weighted by Gasteiger charge is 2.57. The first-order chi connectivity index (χ1) is 11.3. The average Bonchev–Trinajstić information content (AvgIpc) is 2.91. The smallest absolute Gasteiger partial charge is 0.334 e. The van der Waals surface area contributed by atoms with Gasteiger partial charge in [-0.15, -0.1) is 0 Å². The van der Waals surface area contributed by atoms with Gasteiger partial charge in [0.15, 0.2) is 0 Å². The van der Waals surface area contributed by atoms with Crippen LogP contribution in [0.4, 0.5) is 0 Å². The third kappa shape index (κ3) is 2.60. The number of hydrogen-bond donors (Lipinski definition) is 1. The molecule has 4 atom stereocenters. The Hall–Kier alpha value is -1.58. The van der Waals surface area contributed by atoms with Crippen molar-refractivity contribution < 1.29 is 19.4 Å². The number of ether oxygens (including phenoxy) is 1. The maximum atomic E-state index is 12.0. The maximum absolute atomic E-state index is 12.0. The van der Waals surface area contributed by atoms with Gasteiger partial charge in [0.05, 0.1) is 5.41 Å². The van der Waals surface area contributed by atoms with E-state index in [2.05, 4.69) is 13.5 Å². The average molecular weight is 332 g/mol. The minimum atomic E-state index is -0.660. The molecule has 4 nitrogen and oxygen atoms in total. The van der Waals surface area contributed by atoms with Crippen LogP contribution in [0.3, 0.4) is 0 Å². The van der Waals surface area contributed by atoms with E-state index in [1.807, 2.05) is 13.0 Å². The lowest BCUT2D eigenvalue weighted by molar-refractivity contribution is -0.164. The van der Waals surface area contributed by atoms with E-state index < -0.39 is 11.4 Å². The molecule has 0 aromatic carbocycles. The molecule has 2 aliphatic carbocycles. The Morgan fingerprint density at radius 3 is 2.79 bits per heavy atom. The molecule has 0 spiro atoms. The summed E-state index contributed by atoms with van der Waals surface area (Å²) in [4.78, 5) is 23.7. The summed E-state index contributed by atoms with van der Waals surface area (Å²) in [5.41, 5.74) is 1.32. The van der Waals surface area contributed by atoms with E-state index in [0.29, 0.717) is 13.0 Å². The molecule has 3 aliphatic rings. The molecule has 24 heavy (non-hydrogen) atoms. The molecule has 0 unspecified atom stereocenters. The number of carbonyl (C=O) groups is 2. The van der Waals surface area contributed by atoms with Crippen LogP contribution in [0.15, 0.2) is 23.8 Å². The normalized spacial score (nSPS) is 39.2. The van der Waals surface area contributed by atoms with Gasteiger partial charge in [0.2, 0.25) is 0 Å². The van der Waals surface area contributed by atoms with Crippen LogP contribution in [-0.2, 0) is 14.3 Å². The number of carboxylic acids is 1.